The molecule has 0 saturated heterocycles. The fourth-order valence-electron chi connectivity index (χ4n) is 2.50. The number of carbonyl (C=O) groups excluding carboxylic acids is 1. The predicted molar refractivity (Wildman–Crippen MR) is 90.4 cm³/mol. The molecule has 23 heavy (non-hydrogen) atoms. The Labute approximate surface area is 138 Å². The van der Waals surface area contributed by atoms with E-state index in [1.165, 1.54) is 11.8 Å². The van der Waals surface area contributed by atoms with Crippen LogP contribution >= 0.6 is 11.8 Å². The molecule has 0 fully saturated rings. The van der Waals surface area contributed by atoms with Crippen LogP contribution in [0.1, 0.15) is 20.3 Å². The first kappa shape index (κ1) is 15.7. The molecule has 0 radical (unpaired) electrons. The molecule has 1 atom stereocenters. The summed E-state index contributed by atoms with van der Waals surface area (Å²) in [5.74, 6) is -0.235. The van der Waals surface area contributed by atoms with Crippen molar-refractivity contribution >= 4 is 39.8 Å². The highest BCUT2D eigenvalue weighted by atomic mass is 32.2. The molecule has 0 aliphatic rings. The van der Waals surface area contributed by atoms with Crippen molar-refractivity contribution in [1.82, 2.24) is 19.7 Å². The van der Waals surface area contributed by atoms with E-state index in [0.29, 0.717) is 18.2 Å². The van der Waals surface area contributed by atoms with E-state index in [1.54, 1.807) is 6.92 Å². The van der Waals surface area contributed by atoms with Gasteiger partial charge in [-0.1, -0.05) is 36.9 Å². The summed E-state index contributed by atoms with van der Waals surface area (Å²) < 4.78 is 7.08. The zero-order valence-corrected chi connectivity index (χ0v) is 14.1. The number of aromatic nitrogens is 4. The van der Waals surface area contributed by atoms with E-state index in [0.717, 1.165) is 22.1 Å². The first-order valence-electron chi connectivity index (χ1n) is 7.56. The van der Waals surface area contributed by atoms with E-state index in [2.05, 4.69) is 15.2 Å². The minimum absolute atomic E-state index is 0.235. The Hall–Kier alpha value is -2.15. The Morgan fingerprint density at radius 2 is 2.09 bits per heavy atom. The van der Waals surface area contributed by atoms with Gasteiger partial charge in [-0.3, -0.25) is 4.79 Å². The summed E-state index contributed by atoms with van der Waals surface area (Å²) in [5, 5.41) is 9.70. The number of hydrogen-bond donors (Lipinski definition) is 0. The number of rotatable bonds is 5. The van der Waals surface area contributed by atoms with Crippen LogP contribution in [0.4, 0.5) is 0 Å². The Morgan fingerprint density at radius 1 is 1.30 bits per heavy atom. The number of nitrogens with zero attached hydrogens (tertiary/aromatic N) is 4. The third-order valence-corrected chi connectivity index (χ3v) is 4.85. The van der Waals surface area contributed by atoms with Gasteiger partial charge in [-0.2, -0.15) is 0 Å². The van der Waals surface area contributed by atoms with Gasteiger partial charge in [-0.05, 0) is 19.4 Å². The van der Waals surface area contributed by atoms with Crippen molar-refractivity contribution in [3.63, 3.8) is 0 Å². The third-order valence-electron chi connectivity index (χ3n) is 3.66. The maximum atomic E-state index is 11.9. The molecule has 0 aliphatic heterocycles. The van der Waals surface area contributed by atoms with Gasteiger partial charge in [-0.15, -0.1) is 10.2 Å². The molecule has 6 nitrogen and oxygen atoms in total. The largest absolute Gasteiger partial charge is 0.465 e. The molecule has 0 N–H and O–H groups in total. The lowest BCUT2D eigenvalue weighted by atomic mass is 10.2. The number of fused-ring (bicyclic) bond motifs is 3. The van der Waals surface area contributed by atoms with Gasteiger partial charge < -0.3 is 9.30 Å². The van der Waals surface area contributed by atoms with Gasteiger partial charge in [0.1, 0.15) is 10.8 Å². The zero-order chi connectivity index (χ0) is 16.4. The molecule has 7 heteroatoms. The van der Waals surface area contributed by atoms with Crippen LogP contribution in [0.3, 0.4) is 0 Å². The van der Waals surface area contributed by atoms with Crippen molar-refractivity contribution in [3.8, 4) is 0 Å². The summed E-state index contributed by atoms with van der Waals surface area (Å²) in [5.41, 5.74) is 2.60. The third kappa shape index (κ3) is 2.88. The van der Waals surface area contributed by atoms with Crippen LogP contribution < -0.4 is 0 Å². The van der Waals surface area contributed by atoms with Gasteiger partial charge in [0.05, 0.1) is 12.1 Å². The van der Waals surface area contributed by atoms with Crippen LogP contribution in [0.5, 0.6) is 0 Å². The summed E-state index contributed by atoms with van der Waals surface area (Å²) in [7, 11) is 1.95. The van der Waals surface area contributed by atoms with Gasteiger partial charge in [0.15, 0.2) is 5.65 Å². The molecular formula is C16H18N4O2S. The van der Waals surface area contributed by atoms with Crippen molar-refractivity contribution in [3.05, 3.63) is 24.3 Å². The van der Waals surface area contributed by atoms with E-state index >= 15 is 0 Å². The van der Waals surface area contributed by atoms with E-state index in [9.17, 15) is 4.79 Å². The van der Waals surface area contributed by atoms with Crippen LogP contribution in [0, 0.1) is 0 Å². The molecule has 3 aromatic rings. The van der Waals surface area contributed by atoms with Crippen molar-refractivity contribution in [2.75, 3.05) is 6.61 Å². The molecule has 3 rings (SSSR count). The van der Waals surface area contributed by atoms with E-state index in [4.69, 9.17) is 4.74 Å². The molecule has 1 aromatic carbocycles. The van der Waals surface area contributed by atoms with Crippen molar-refractivity contribution in [2.24, 2.45) is 7.05 Å². The summed E-state index contributed by atoms with van der Waals surface area (Å²) in [4.78, 5) is 16.5. The number of thioether (sulfide) groups is 1. The van der Waals surface area contributed by atoms with Crippen LogP contribution in [0.25, 0.3) is 22.1 Å². The number of benzene rings is 1. The SMILES string of the molecule is CCOC(=O)C(CC)Sc1nnc2c3ccccc3n(C)c2n1. The van der Waals surface area contributed by atoms with Crippen LogP contribution in [0.15, 0.2) is 29.4 Å². The first-order chi connectivity index (χ1) is 11.2. The topological polar surface area (TPSA) is 69.9 Å². The highest BCUT2D eigenvalue weighted by Crippen LogP contribution is 2.28. The molecule has 0 aliphatic carbocycles. The second-order valence-electron chi connectivity index (χ2n) is 5.11. The van der Waals surface area contributed by atoms with Gasteiger partial charge in [-0.25, -0.2) is 4.98 Å². The maximum Gasteiger partial charge on any atom is 0.319 e. The summed E-state index contributed by atoms with van der Waals surface area (Å²) in [6.07, 6.45) is 0.653. The minimum Gasteiger partial charge on any atom is -0.465 e. The zero-order valence-electron chi connectivity index (χ0n) is 13.3. The Morgan fingerprint density at radius 3 is 2.83 bits per heavy atom. The molecule has 0 spiro atoms. The van der Waals surface area contributed by atoms with E-state index in [-0.39, 0.29) is 11.2 Å². The lowest BCUT2D eigenvalue weighted by Crippen LogP contribution is -2.19. The molecule has 0 saturated carbocycles. The quantitative estimate of drug-likeness (QED) is 0.529. The normalized spacial score (nSPS) is 12.7. The molecule has 0 bridgehead atoms. The highest BCUT2D eigenvalue weighted by Gasteiger charge is 2.22. The molecule has 2 aromatic heterocycles. The number of para-hydroxylation sites is 1. The molecule has 0 amide bonds. The second kappa shape index (κ2) is 6.54. The monoisotopic (exact) mass is 330 g/mol. The maximum absolute atomic E-state index is 11.9. The fourth-order valence-corrected chi connectivity index (χ4v) is 3.32. The van der Waals surface area contributed by atoms with Gasteiger partial charge in [0, 0.05) is 12.4 Å². The highest BCUT2D eigenvalue weighted by molar-refractivity contribution is 8.00. The molecule has 120 valence electrons. The molecular weight excluding hydrogens is 312 g/mol. The number of carbonyl (C=O) groups is 1. The fraction of sp³-hybridized carbons (Fsp3) is 0.375. The van der Waals surface area contributed by atoms with Crippen molar-refractivity contribution < 1.29 is 9.53 Å². The van der Waals surface area contributed by atoms with Gasteiger partial charge in [0.25, 0.3) is 0 Å². The molecule has 2 heterocycles. The smallest absolute Gasteiger partial charge is 0.319 e. The lowest BCUT2D eigenvalue weighted by molar-refractivity contribution is -0.142. The second-order valence-corrected chi connectivity index (χ2v) is 6.28. The standard InChI is InChI=1S/C16H18N4O2S/c1-4-12(15(21)22-5-2)23-16-17-14-13(18-19-16)10-8-6-7-9-11(10)20(14)3/h6-9,12H,4-5H2,1-3H3. The minimum atomic E-state index is -0.316. The average molecular weight is 330 g/mol. The van der Waals surface area contributed by atoms with Crippen molar-refractivity contribution in [2.45, 2.75) is 30.7 Å². The van der Waals surface area contributed by atoms with Gasteiger partial charge in [0.2, 0.25) is 5.16 Å². The summed E-state index contributed by atoms with van der Waals surface area (Å²) in [6.45, 7) is 4.11. The number of hydrogen-bond acceptors (Lipinski definition) is 6. The average Bonchev–Trinajstić information content (AvgIpc) is 2.86. The van der Waals surface area contributed by atoms with Crippen LogP contribution in [-0.2, 0) is 16.6 Å². The van der Waals surface area contributed by atoms with Crippen LogP contribution in [0.2, 0.25) is 0 Å². The van der Waals surface area contributed by atoms with E-state index in [1.807, 2.05) is 42.8 Å². The number of ether oxygens (including phenoxy) is 1. The van der Waals surface area contributed by atoms with Crippen LogP contribution in [-0.4, -0.2) is 37.6 Å². The Bertz CT molecular complexity index is 862. The van der Waals surface area contributed by atoms with Crippen molar-refractivity contribution in [1.29, 1.82) is 0 Å². The number of esters is 1. The Kier molecular flexibility index (Phi) is 4.47. The Balaban J connectivity index is 1.98. The summed E-state index contributed by atoms with van der Waals surface area (Å²) in [6, 6.07) is 7.99. The molecule has 1 unspecified atom stereocenters. The lowest BCUT2D eigenvalue weighted by Gasteiger charge is -2.11. The predicted octanol–water partition coefficient (Wildman–Crippen LogP) is 2.95. The summed E-state index contributed by atoms with van der Waals surface area (Å²) >= 11 is 1.30. The first-order valence-corrected chi connectivity index (χ1v) is 8.44. The number of aryl methyl sites for hydroxylation is 1. The van der Waals surface area contributed by atoms with E-state index < -0.39 is 0 Å². The van der Waals surface area contributed by atoms with Gasteiger partial charge >= 0.3 is 5.97 Å².